The Bertz CT molecular complexity index is 582. The van der Waals surface area contributed by atoms with Gasteiger partial charge in [-0.2, -0.15) is 0 Å². The van der Waals surface area contributed by atoms with E-state index in [1.807, 2.05) is 0 Å². The normalized spacial score (nSPS) is 22.9. The molecule has 2 nitrogen and oxygen atoms in total. The van der Waals surface area contributed by atoms with Crippen LogP contribution < -0.4 is 10.2 Å². The topological polar surface area (TPSA) is 15.3 Å². The third kappa shape index (κ3) is 3.30. The van der Waals surface area contributed by atoms with Crippen molar-refractivity contribution in [2.75, 3.05) is 24.5 Å². The zero-order chi connectivity index (χ0) is 14.7. The van der Waals surface area contributed by atoms with E-state index in [0.717, 1.165) is 24.1 Å². The molecule has 1 unspecified atom stereocenters. The lowest BCUT2D eigenvalue weighted by atomic mass is 9.91. The molecule has 0 aromatic heterocycles. The van der Waals surface area contributed by atoms with Gasteiger partial charge in [-0.05, 0) is 49.7 Å². The number of anilines is 1. The molecule has 0 saturated carbocycles. The molecule has 1 fully saturated rings. The molecule has 3 rings (SSSR count). The Labute approximate surface area is 135 Å². The van der Waals surface area contributed by atoms with Crippen LogP contribution in [0.1, 0.15) is 18.9 Å². The summed E-state index contributed by atoms with van der Waals surface area (Å²) in [6.45, 7) is 5.44. The molecule has 1 saturated heterocycles. The number of halogens is 1. The highest BCUT2D eigenvalue weighted by atomic mass is 79.9. The SMILES string of the molecule is CC1(c2ccccc2)CN(c2ccc(Br)cc2)CCCN1. The van der Waals surface area contributed by atoms with Crippen LogP contribution in [-0.4, -0.2) is 19.6 Å². The predicted octanol–water partition coefficient (Wildman–Crippen LogP) is 4.16. The summed E-state index contributed by atoms with van der Waals surface area (Å²) in [5.41, 5.74) is 2.64. The van der Waals surface area contributed by atoms with Crippen LogP contribution in [0.5, 0.6) is 0 Å². The molecule has 0 aliphatic carbocycles. The first kappa shape index (κ1) is 14.6. The highest BCUT2D eigenvalue weighted by Crippen LogP contribution is 2.28. The van der Waals surface area contributed by atoms with Gasteiger partial charge >= 0.3 is 0 Å². The van der Waals surface area contributed by atoms with Crippen molar-refractivity contribution < 1.29 is 0 Å². The first-order valence-electron chi connectivity index (χ1n) is 7.48. The predicted molar refractivity (Wildman–Crippen MR) is 92.8 cm³/mol. The summed E-state index contributed by atoms with van der Waals surface area (Å²) in [6.07, 6.45) is 1.17. The Morgan fingerprint density at radius 3 is 2.48 bits per heavy atom. The zero-order valence-corrected chi connectivity index (χ0v) is 13.9. The Balaban J connectivity index is 1.88. The van der Waals surface area contributed by atoms with Crippen molar-refractivity contribution in [1.82, 2.24) is 5.32 Å². The molecule has 110 valence electrons. The number of rotatable bonds is 2. The lowest BCUT2D eigenvalue weighted by Crippen LogP contribution is -2.46. The number of hydrogen-bond acceptors (Lipinski definition) is 2. The summed E-state index contributed by atoms with van der Waals surface area (Å²) >= 11 is 3.51. The molecular weight excluding hydrogens is 324 g/mol. The quantitative estimate of drug-likeness (QED) is 0.879. The van der Waals surface area contributed by atoms with Crippen molar-refractivity contribution in [3.8, 4) is 0 Å². The Morgan fingerprint density at radius 1 is 1.05 bits per heavy atom. The molecule has 1 aliphatic heterocycles. The van der Waals surface area contributed by atoms with E-state index in [4.69, 9.17) is 0 Å². The van der Waals surface area contributed by atoms with Gasteiger partial charge in [-0.25, -0.2) is 0 Å². The highest BCUT2D eigenvalue weighted by Gasteiger charge is 2.30. The van der Waals surface area contributed by atoms with E-state index >= 15 is 0 Å². The number of benzene rings is 2. The molecule has 2 aromatic carbocycles. The van der Waals surface area contributed by atoms with Crippen LogP contribution in [0, 0.1) is 0 Å². The maximum absolute atomic E-state index is 3.73. The van der Waals surface area contributed by atoms with Crippen LogP contribution in [0.4, 0.5) is 5.69 Å². The van der Waals surface area contributed by atoms with Crippen LogP contribution in [0.15, 0.2) is 59.1 Å². The minimum Gasteiger partial charge on any atom is -0.369 e. The molecule has 1 N–H and O–H groups in total. The fraction of sp³-hybridized carbons (Fsp3) is 0.333. The summed E-state index contributed by atoms with van der Waals surface area (Å²) in [4.78, 5) is 2.49. The van der Waals surface area contributed by atoms with Gasteiger partial charge in [-0.3, -0.25) is 0 Å². The molecule has 0 radical (unpaired) electrons. The molecule has 0 spiro atoms. The minimum atomic E-state index is -0.00909. The molecule has 3 heteroatoms. The standard InChI is InChI=1S/C18H21BrN2/c1-18(15-6-3-2-4-7-15)14-21(13-5-12-20-18)17-10-8-16(19)9-11-17/h2-4,6-11,20H,5,12-14H2,1H3. The fourth-order valence-corrected chi connectivity index (χ4v) is 3.29. The summed E-state index contributed by atoms with van der Waals surface area (Å²) in [5, 5.41) is 3.73. The van der Waals surface area contributed by atoms with Gasteiger partial charge in [0.25, 0.3) is 0 Å². The maximum atomic E-state index is 3.73. The summed E-state index contributed by atoms with van der Waals surface area (Å²) in [6, 6.07) is 19.4. The number of nitrogens with one attached hydrogen (secondary N) is 1. The molecule has 1 heterocycles. The van der Waals surface area contributed by atoms with Crippen LogP contribution in [0.3, 0.4) is 0 Å². The molecule has 1 aliphatic rings. The largest absolute Gasteiger partial charge is 0.369 e. The average Bonchev–Trinajstić information content (AvgIpc) is 2.72. The van der Waals surface area contributed by atoms with Crippen LogP contribution in [-0.2, 0) is 5.54 Å². The van der Waals surface area contributed by atoms with Gasteiger partial charge in [0.05, 0.1) is 5.54 Å². The van der Waals surface area contributed by atoms with E-state index in [2.05, 4.69) is 87.7 Å². The van der Waals surface area contributed by atoms with Crippen molar-refractivity contribution in [2.45, 2.75) is 18.9 Å². The van der Waals surface area contributed by atoms with E-state index < -0.39 is 0 Å². The number of hydrogen-bond donors (Lipinski definition) is 1. The molecule has 1 atom stereocenters. The highest BCUT2D eigenvalue weighted by molar-refractivity contribution is 9.10. The van der Waals surface area contributed by atoms with Crippen LogP contribution in [0.25, 0.3) is 0 Å². The monoisotopic (exact) mass is 344 g/mol. The van der Waals surface area contributed by atoms with Gasteiger partial charge < -0.3 is 10.2 Å². The molecule has 2 aromatic rings. The maximum Gasteiger partial charge on any atom is 0.0583 e. The summed E-state index contributed by atoms with van der Waals surface area (Å²) in [7, 11) is 0. The Kier molecular flexibility index (Phi) is 4.32. The third-order valence-corrected chi connectivity index (χ3v) is 4.76. The third-order valence-electron chi connectivity index (χ3n) is 4.23. The minimum absolute atomic E-state index is 0.00909. The number of nitrogens with zero attached hydrogens (tertiary/aromatic N) is 1. The molecule has 0 bridgehead atoms. The summed E-state index contributed by atoms with van der Waals surface area (Å²) < 4.78 is 1.13. The van der Waals surface area contributed by atoms with E-state index in [-0.39, 0.29) is 5.54 Å². The van der Waals surface area contributed by atoms with Crippen LogP contribution in [0.2, 0.25) is 0 Å². The lowest BCUT2D eigenvalue weighted by molar-refractivity contribution is 0.392. The van der Waals surface area contributed by atoms with Gasteiger partial charge in [0.2, 0.25) is 0 Å². The second-order valence-electron chi connectivity index (χ2n) is 5.88. The van der Waals surface area contributed by atoms with Gasteiger partial charge in [-0.15, -0.1) is 0 Å². The van der Waals surface area contributed by atoms with Gasteiger partial charge in [0.1, 0.15) is 0 Å². The first-order chi connectivity index (χ1) is 10.2. The van der Waals surface area contributed by atoms with Gasteiger partial charge in [-0.1, -0.05) is 46.3 Å². The Morgan fingerprint density at radius 2 is 1.76 bits per heavy atom. The van der Waals surface area contributed by atoms with E-state index in [0.29, 0.717) is 0 Å². The zero-order valence-electron chi connectivity index (χ0n) is 12.3. The lowest BCUT2D eigenvalue weighted by Gasteiger charge is -2.35. The molecule has 0 amide bonds. The van der Waals surface area contributed by atoms with Gasteiger partial charge in [0, 0.05) is 23.2 Å². The smallest absolute Gasteiger partial charge is 0.0583 e. The van der Waals surface area contributed by atoms with Crippen molar-refractivity contribution in [3.05, 3.63) is 64.6 Å². The van der Waals surface area contributed by atoms with E-state index in [9.17, 15) is 0 Å². The summed E-state index contributed by atoms with van der Waals surface area (Å²) in [5.74, 6) is 0. The molecule has 21 heavy (non-hydrogen) atoms. The second-order valence-corrected chi connectivity index (χ2v) is 6.79. The van der Waals surface area contributed by atoms with Crippen LogP contribution >= 0.6 is 15.9 Å². The van der Waals surface area contributed by atoms with Crippen molar-refractivity contribution >= 4 is 21.6 Å². The first-order valence-corrected chi connectivity index (χ1v) is 8.28. The second kappa shape index (κ2) is 6.20. The van der Waals surface area contributed by atoms with E-state index in [1.54, 1.807) is 0 Å². The Hall–Kier alpha value is -1.32. The van der Waals surface area contributed by atoms with Crippen molar-refractivity contribution in [3.63, 3.8) is 0 Å². The molecular formula is C18H21BrN2. The van der Waals surface area contributed by atoms with Crippen molar-refractivity contribution in [1.29, 1.82) is 0 Å². The average molecular weight is 345 g/mol. The van der Waals surface area contributed by atoms with Gasteiger partial charge in [0.15, 0.2) is 0 Å². The van der Waals surface area contributed by atoms with E-state index in [1.165, 1.54) is 17.7 Å². The fourth-order valence-electron chi connectivity index (χ4n) is 3.02. The van der Waals surface area contributed by atoms with Crippen molar-refractivity contribution in [2.24, 2.45) is 0 Å².